The maximum atomic E-state index is 6.05. The predicted molar refractivity (Wildman–Crippen MR) is 209 cm³/mol. The summed E-state index contributed by atoms with van der Waals surface area (Å²) in [4.78, 5) is 0. The van der Waals surface area contributed by atoms with Crippen molar-refractivity contribution in [3.63, 3.8) is 0 Å². The molecule has 0 radical (unpaired) electrons. The molecule has 0 spiro atoms. The molecule has 0 unspecified atom stereocenters. The second-order valence-corrected chi connectivity index (χ2v) is 11.3. The number of ether oxygens (including phenoxy) is 6. The van der Waals surface area contributed by atoms with E-state index < -0.39 is 0 Å². The maximum absolute atomic E-state index is 6.05. The molecule has 6 aromatic rings. The Balaban J connectivity index is 0.000000259. The molecular weight excluding hydrogens is 755 g/mol. The van der Waals surface area contributed by atoms with E-state index in [1.165, 1.54) is 6.42 Å². The predicted octanol–water partition coefficient (Wildman–Crippen LogP) is 11.5. The van der Waals surface area contributed by atoms with Crippen molar-refractivity contribution >= 4 is 57.9 Å². The van der Waals surface area contributed by atoms with Crippen molar-refractivity contribution in [1.29, 1.82) is 0 Å². The fourth-order valence-electron chi connectivity index (χ4n) is 4.22. The van der Waals surface area contributed by atoms with E-state index in [2.05, 4.69) is 32.6 Å². The molecule has 3 heterocycles. The average Bonchev–Trinajstić information content (AvgIpc) is 4.01. The first-order valence-corrected chi connectivity index (χ1v) is 16.8. The third-order valence-electron chi connectivity index (χ3n) is 6.96. The van der Waals surface area contributed by atoms with Crippen LogP contribution in [0.25, 0.3) is 34.0 Å². The van der Waals surface area contributed by atoms with Crippen LogP contribution in [-0.4, -0.2) is 65.7 Å². The van der Waals surface area contributed by atoms with Crippen LogP contribution < -0.4 is 28.4 Å². The standard InChI is InChI=1S/3C12H10ClO3.C4H9.Mg/c3*1-14-10-6-8(9-4-3-5-16-9)7-11(15-2)12(10)13;1-3-4-2;/h3*3-4,6-7H,1-2H3;1,3-4H2,2H3;/q4*-1;+2. The number of unbranched alkanes of at least 4 members (excludes halogenated alkanes) is 1. The number of benzene rings is 3. The van der Waals surface area contributed by atoms with E-state index in [-0.39, 0.29) is 23.1 Å². The molecule has 0 aliphatic rings. The molecule has 278 valence electrons. The van der Waals surface area contributed by atoms with Gasteiger partial charge in [-0.2, -0.15) is 24.6 Å². The Morgan fingerprint density at radius 2 is 0.698 bits per heavy atom. The Morgan fingerprint density at radius 1 is 0.491 bits per heavy atom. The van der Waals surface area contributed by atoms with Crippen LogP contribution in [0.2, 0.25) is 15.1 Å². The topological polar surface area (TPSA) is 94.8 Å². The van der Waals surface area contributed by atoms with E-state index in [1.807, 2.05) is 18.2 Å². The van der Waals surface area contributed by atoms with E-state index in [0.29, 0.717) is 66.8 Å². The SMILES string of the molecule is COc1cc(-c2cc[c-]o2)cc(OC)c1Cl.COc1cc(-c2cc[c-]o2)cc(OC)c1Cl.COc1cc(-c2cc[c-]o2)cc(OC)c1Cl.[CH2-]CCC.[Mg+2]. The van der Waals surface area contributed by atoms with Gasteiger partial charge in [0.1, 0.15) is 49.6 Å². The Kier molecular flexibility index (Phi) is 20.1. The molecule has 53 heavy (non-hydrogen) atoms. The fourth-order valence-corrected chi connectivity index (χ4v) is 5.01. The Hall–Kier alpha value is -4.06. The monoisotopic (exact) mass is 792 g/mol. The molecule has 0 saturated heterocycles. The molecule has 0 N–H and O–H groups in total. The van der Waals surface area contributed by atoms with Crippen LogP contribution in [0.3, 0.4) is 0 Å². The summed E-state index contributed by atoms with van der Waals surface area (Å²) in [5, 5.41) is 1.35. The molecule has 0 bridgehead atoms. The normalized spacial score (nSPS) is 9.79. The first-order chi connectivity index (χ1) is 25.2. The van der Waals surface area contributed by atoms with Gasteiger partial charge < -0.3 is 48.6 Å². The van der Waals surface area contributed by atoms with Gasteiger partial charge in [-0.05, 0) is 89.2 Å². The molecule has 0 fully saturated rings. The van der Waals surface area contributed by atoms with E-state index in [0.717, 1.165) is 23.1 Å². The maximum Gasteiger partial charge on any atom is 2.00 e. The number of halogens is 3. The molecule has 0 atom stereocenters. The van der Waals surface area contributed by atoms with Gasteiger partial charge in [0.15, 0.2) is 0 Å². The van der Waals surface area contributed by atoms with E-state index in [4.69, 9.17) is 76.5 Å². The van der Waals surface area contributed by atoms with Crippen LogP contribution in [0.15, 0.2) is 86.0 Å². The van der Waals surface area contributed by atoms with E-state index in [1.54, 1.807) is 97.3 Å². The second kappa shape index (κ2) is 23.6. The first-order valence-electron chi connectivity index (χ1n) is 15.6. The average molecular weight is 794 g/mol. The Labute approximate surface area is 342 Å². The van der Waals surface area contributed by atoms with Gasteiger partial charge in [-0.15, -0.1) is 18.2 Å². The molecule has 0 aliphatic heterocycles. The summed E-state index contributed by atoms with van der Waals surface area (Å²) in [5.41, 5.74) is 2.50. The summed E-state index contributed by atoms with van der Waals surface area (Å²) in [6.07, 6.45) is 10.2. The van der Waals surface area contributed by atoms with Crippen LogP contribution in [0.1, 0.15) is 19.8 Å². The minimum atomic E-state index is 0. The number of hydrogen-bond acceptors (Lipinski definition) is 9. The van der Waals surface area contributed by atoms with Gasteiger partial charge in [0.05, 0.1) is 42.7 Å². The third-order valence-corrected chi connectivity index (χ3v) is 8.08. The van der Waals surface area contributed by atoms with Crippen LogP contribution in [0.4, 0.5) is 0 Å². The molecule has 0 aliphatic carbocycles. The van der Waals surface area contributed by atoms with Crippen LogP contribution in [0.5, 0.6) is 34.5 Å². The van der Waals surface area contributed by atoms with Crippen molar-refractivity contribution in [2.24, 2.45) is 0 Å². The summed E-state index contributed by atoms with van der Waals surface area (Å²) in [6.45, 7) is 5.72. The van der Waals surface area contributed by atoms with Crippen molar-refractivity contribution in [3.05, 3.63) is 114 Å². The van der Waals surface area contributed by atoms with Crippen LogP contribution >= 0.6 is 34.8 Å². The zero-order valence-corrected chi connectivity index (χ0v) is 34.2. The molecule has 3 aromatic carbocycles. The van der Waals surface area contributed by atoms with Gasteiger partial charge in [0.25, 0.3) is 0 Å². The zero-order valence-electron chi connectivity index (χ0n) is 30.6. The van der Waals surface area contributed by atoms with Gasteiger partial charge in [-0.25, -0.2) is 0 Å². The molecule has 3 aromatic heterocycles. The van der Waals surface area contributed by atoms with Crippen molar-refractivity contribution in [3.8, 4) is 68.5 Å². The number of rotatable bonds is 10. The summed E-state index contributed by atoms with van der Waals surface area (Å²) < 4.78 is 46.5. The zero-order chi connectivity index (χ0) is 38.0. The van der Waals surface area contributed by atoms with Crippen molar-refractivity contribution < 1.29 is 41.7 Å². The summed E-state index contributed by atoms with van der Waals surface area (Å²) in [6, 6.07) is 21.3. The van der Waals surface area contributed by atoms with Gasteiger partial charge in [-0.1, -0.05) is 48.1 Å². The minimum Gasteiger partial charge on any atom is -0.591 e. The molecule has 6 rings (SSSR count). The minimum absolute atomic E-state index is 0. The molecule has 9 nitrogen and oxygen atoms in total. The molecule has 0 saturated carbocycles. The summed E-state index contributed by atoms with van der Waals surface area (Å²) >= 11 is 18.2. The van der Waals surface area contributed by atoms with Crippen molar-refractivity contribution in [2.75, 3.05) is 42.7 Å². The summed E-state index contributed by atoms with van der Waals surface area (Å²) in [5.74, 6) is 5.36. The number of hydrogen-bond donors (Lipinski definition) is 0. The molecule has 0 amide bonds. The third kappa shape index (κ3) is 12.5. The van der Waals surface area contributed by atoms with Gasteiger partial charge in [0, 0.05) is 0 Å². The Bertz CT molecular complexity index is 1620. The largest absolute Gasteiger partial charge is 2.00 e. The number of furan rings is 3. The van der Waals surface area contributed by atoms with Gasteiger partial charge >= 0.3 is 23.1 Å². The Morgan fingerprint density at radius 3 is 0.830 bits per heavy atom. The second-order valence-electron chi connectivity index (χ2n) is 10.2. The summed E-state index contributed by atoms with van der Waals surface area (Å²) in [7, 11) is 9.33. The first kappa shape index (κ1) is 45.1. The van der Waals surface area contributed by atoms with Crippen LogP contribution in [0, 0.1) is 25.7 Å². The van der Waals surface area contributed by atoms with Crippen molar-refractivity contribution in [2.45, 2.75) is 19.8 Å². The van der Waals surface area contributed by atoms with Gasteiger partial charge in [0.2, 0.25) is 0 Å². The number of methoxy groups -OCH3 is 6. The quantitative estimate of drug-likeness (QED) is 0.0992. The smallest absolute Gasteiger partial charge is 0.591 e. The fraction of sp³-hybridized carbons (Fsp3) is 0.225. The van der Waals surface area contributed by atoms with E-state index in [9.17, 15) is 0 Å². The molecule has 13 heteroatoms. The van der Waals surface area contributed by atoms with Crippen molar-refractivity contribution in [1.82, 2.24) is 0 Å². The van der Waals surface area contributed by atoms with E-state index >= 15 is 0 Å². The van der Waals surface area contributed by atoms with Crippen LogP contribution in [-0.2, 0) is 0 Å². The van der Waals surface area contributed by atoms with Gasteiger partial charge in [-0.3, -0.25) is 0 Å². The molecular formula is C40H39Cl3MgO9-2.